The monoisotopic (exact) mass is 329 g/mol. The first-order valence-corrected chi connectivity index (χ1v) is 9.24. The third kappa shape index (κ3) is 3.21. The minimum Gasteiger partial charge on any atom is -0.292 e. The molecule has 2 aromatic carbocycles. The molecule has 1 fully saturated rings. The predicted octanol–water partition coefficient (Wildman–Crippen LogP) is 3.04. The van der Waals surface area contributed by atoms with Gasteiger partial charge in [-0.2, -0.15) is 0 Å². The van der Waals surface area contributed by atoms with E-state index in [0.717, 1.165) is 12.8 Å². The number of hydrogen-bond donors (Lipinski definition) is 0. The number of benzene rings is 2. The molecule has 0 N–H and O–H groups in total. The zero-order valence-corrected chi connectivity index (χ0v) is 13.6. The highest BCUT2D eigenvalue weighted by atomic mass is 32.2. The van der Waals surface area contributed by atoms with Crippen LogP contribution in [-0.2, 0) is 10.0 Å². The summed E-state index contributed by atoms with van der Waals surface area (Å²) in [6.07, 6.45) is 1.69. The van der Waals surface area contributed by atoms with Gasteiger partial charge < -0.3 is 0 Å². The summed E-state index contributed by atoms with van der Waals surface area (Å²) in [5.41, 5.74) is 0.942. The third-order valence-corrected chi connectivity index (χ3v) is 6.29. The Bertz CT molecular complexity index is 766. The highest BCUT2D eigenvalue weighted by Gasteiger charge is 2.39. The highest BCUT2D eigenvalue weighted by molar-refractivity contribution is 7.90. The van der Waals surface area contributed by atoms with Crippen LogP contribution in [0.15, 0.2) is 60.7 Å². The second-order valence-electron chi connectivity index (χ2n) is 5.67. The van der Waals surface area contributed by atoms with Crippen molar-refractivity contribution in [2.75, 3.05) is 13.1 Å². The van der Waals surface area contributed by atoms with Crippen LogP contribution in [0, 0.1) is 0 Å². The van der Waals surface area contributed by atoms with Crippen LogP contribution in [0.5, 0.6) is 0 Å². The minimum atomic E-state index is -3.72. The molecule has 1 atom stereocenters. The molecule has 5 heteroatoms. The molecule has 1 unspecified atom stereocenters. The molecule has 0 spiro atoms. The van der Waals surface area contributed by atoms with E-state index in [-0.39, 0.29) is 5.78 Å². The molecule has 2 aromatic rings. The number of carbonyl (C=O) groups excluding carboxylic acids is 1. The van der Waals surface area contributed by atoms with Crippen LogP contribution < -0.4 is 0 Å². The molecule has 1 aliphatic heterocycles. The Hall–Kier alpha value is -1.98. The fourth-order valence-corrected chi connectivity index (χ4v) is 4.90. The second kappa shape index (κ2) is 6.64. The van der Waals surface area contributed by atoms with Gasteiger partial charge in [0.1, 0.15) is 0 Å². The molecular weight excluding hydrogens is 310 g/mol. The SMILES string of the molecule is O=C(c1ccccc1)C(c1ccccc1)S(=O)(=O)N1CCCC1. The fourth-order valence-electron chi connectivity index (χ4n) is 2.93. The summed E-state index contributed by atoms with van der Waals surface area (Å²) in [7, 11) is -3.72. The summed E-state index contributed by atoms with van der Waals surface area (Å²) in [5.74, 6) is -0.372. The average Bonchev–Trinajstić information content (AvgIpc) is 3.12. The molecule has 0 amide bonds. The maximum atomic E-state index is 13.1. The van der Waals surface area contributed by atoms with Crippen LogP contribution in [0.3, 0.4) is 0 Å². The van der Waals surface area contributed by atoms with Gasteiger partial charge in [0.05, 0.1) is 0 Å². The van der Waals surface area contributed by atoms with E-state index in [1.807, 2.05) is 12.1 Å². The van der Waals surface area contributed by atoms with E-state index in [0.29, 0.717) is 24.2 Å². The van der Waals surface area contributed by atoms with Crippen LogP contribution in [0.4, 0.5) is 0 Å². The van der Waals surface area contributed by atoms with Gasteiger partial charge in [-0.3, -0.25) is 4.79 Å². The van der Waals surface area contributed by atoms with Crippen LogP contribution in [0.2, 0.25) is 0 Å². The van der Waals surface area contributed by atoms with Crippen molar-refractivity contribution in [1.82, 2.24) is 4.31 Å². The van der Waals surface area contributed by atoms with Crippen molar-refractivity contribution >= 4 is 15.8 Å². The Labute approximate surface area is 136 Å². The molecular formula is C18H19NO3S. The van der Waals surface area contributed by atoms with E-state index in [9.17, 15) is 13.2 Å². The summed E-state index contributed by atoms with van der Waals surface area (Å²) in [4.78, 5) is 12.9. The van der Waals surface area contributed by atoms with E-state index in [1.165, 1.54) is 4.31 Å². The number of Topliss-reactive ketones (excluding diaryl/α,β-unsaturated/α-hetero) is 1. The van der Waals surface area contributed by atoms with Gasteiger partial charge in [0.2, 0.25) is 10.0 Å². The zero-order chi connectivity index (χ0) is 16.3. The normalized spacial score (nSPS) is 17.0. The first-order valence-electron chi connectivity index (χ1n) is 7.74. The minimum absolute atomic E-state index is 0.372. The molecule has 1 aliphatic rings. The summed E-state index contributed by atoms with van der Waals surface area (Å²) in [6, 6.07) is 17.4. The zero-order valence-electron chi connectivity index (χ0n) is 12.8. The van der Waals surface area contributed by atoms with E-state index in [2.05, 4.69) is 0 Å². The van der Waals surface area contributed by atoms with Crippen LogP contribution in [0.25, 0.3) is 0 Å². The molecule has 0 bridgehead atoms. The van der Waals surface area contributed by atoms with E-state index in [1.54, 1.807) is 48.5 Å². The van der Waals surface area contributed by atoms with E-state index >= 15 is 0 Å². The van der Waals surface area contributed by atoms with Crippen molar-refractivity contribution in [2.24, 2.45) is 0 Å². The summed E-state index contributed by atoms with van der Waals surface area (Å²) in [5, 5.41) is -1.18. The van der Waals surface area contributed by atoms with Gasteiger partial charge in [0.25, 0.3) is 0 Å². The number of carbonyl (C=O) groups is 1. The van der Waals surface area contributed by atoms with Crippen molar-refractivity contribution in [3.05, 3.63) is 71.8 Å². The molecule has 0 aliphatic carbocycles. The number of rotatable bonds is 5. The Balaban J connectivity index is 2.06. The molecule has 4 nitrogen and oxygen atoms in total. The van der Waals surface area contributed by atoms with Gasteiger partial charge in [-0.25, -0.2) is 12.7 Å². The molecule has 23 heavy (non-hydrogen) atoms. The lowest BCUT2D eigenvalue weighted by Crippen LogP contribution is -2.36. The quantitative estimate of drug-likeness (QED) is 0.792. The smallest absolute Gasteiger partial charge is 0.228 e. The standard InChI is InChI=1S/C18H19NO3S/c20-17(15-9-3-1-4-10-15)18(16-11-5-2-6-12-16)23(21,22)19-13-7-8-14-19/h1-6,9-12,18H,7-8,13-14H2. The summed E-state index contributed by atoms with van der Waals surface area (Å²) in [6.45, 7) is 0.988. The van der Waals surface area contributed by atoms with Gasteiger partial charge in [-0.15, -0.1) is 0 Å². The molecule has 3 rings (SSSR count). The van der Waals surface area contributed by atoms with Crippen molar-refractivity contribution < 1.29 is 13.2 Å². The third-order valence-electron chi connectivity index (χ3n) is 4.12. The largest absolute Gasteiger partial charge is 0.292 e. The summed E-state index contributed by atoms with van der Waals surface area (Å²) >= 11 is 0. The molecule has 0 radical (unpaired) electrons. The van der Waals surface area contributed by atoms with Crippen molar-refractivity contribution in [1.29, 1.82) is 0 Å². The fraction of sp³-hybridized carbons (Fsp3) is 0.278. The van der Waals surface area contributed by atoms with Crippen LogP contribution >= 0.6 is 0 Å². The van der Waals surface area contributed by atoms with E-state index < -0.39 is 15.3 Å². The number of hydrogen-bond acceptors (Lipinski definition) is 3. The molecule has 0 aromatic heterocycles. The van der Waals surface area contributed by atoms with Crippen LogP contribution in [0.1, 0.15) is 34.0 Å². The van der Waals surface area contributed by atoms with Gasteiger partial charge >= 0.3 is 0 Å². The maximum absolute atomic E-state index is 13.1. The molecule has 1 heterocycles. The number of nitrogens with zero attached hydrogens (tertiary/aromatic N) is 1. The highest BCUT2D eigenvalue weighted by Crippen LogP contribution is 2.31. The first kappa shape index (κ1) is 15.9. The Morgan fingerprint density at radius 2 is 1.39 bits per heavy atom. The van der Waals surface area contributed by atoms with Crippen molar-refractivity contribution in [3.8, 4) is 0 Å². The average molecular weight is 329 g/mol. The van der Waals surface area contributed by atoms with E-state index in [4.69, 9.17) is 0 Å². The van der Waals surface area contributed by atoms with Gasteiger partial charge in [-0.1, -0.05) is 60.7 Å². The maximum Gasteiger partial charge on any atom is 0.228 e. The van der Waals surface area contributed by atoms with Gasteiger partial charge in [0, 0.05) is 18.7 Å². The lowest BCUT2D eigenvalue weighted by atomic mass is 10.0. The van der Waals surface area contributed by atoms with Crippen molar-refractivity contribution in [3.63, 3.8) is 0 Å². The lowest BCUT2D eigenvalue weighted by Gasteiger charge is -2.23. The Morgan fingerprint density at radius 1 is 0.870 bits per heavy atom. The van der Waals surface area contributed by atoms with Gasteiger partial charge in [-0.05, 0) is 18.4 Å². The lowest BCUT2D eigenvalue weighted by molar-refractivity contribution is 0.0985. The topological polar surface area (TPSA) is 54.5 Å². The first-order chi connectivity index (χ1) is 11.1. The van der Waals surface area contributed by atoms with Crippen LogP contribution in [-0.4, -0.2) is 31.6 Å². The molecule has 1 saturated heterocycles. The van der Waals surface area contributed by atoms with Crippen molar-refractivity contribution in [2.45, 2.75) is 18.1 Å². The molecule has 120 valence electrons. The predicted molar refractivity (Wildman–Crippen MR) is 89.7 cm³/mol. The Morgan fingerprint density at radius 3 is 1.96 bits per heavy atom. The summed E-state index contributed by atoms with van der Waals surface area (Å²) < 4.78 is 27.6. The number of ketones is 1. The van der Waals surface area contributed by atoms with Gasteiger partial charge in [0.15, 0.2) is 11.0 Å². The molecule has 0 saturated carbocycles. The Kier molecular flexibility index (Phi) is 4.59. The second-order valence-corrected chi connectivity index (χ2v) is 7.69. The number of sulfonamides is 1.